The number of hydrogen-bond acceptors (Lipinski definition) is 8. The van der Waals surface area contributed by atoms with E-state index in [1.807, 2.05) is 39.8 Å². The molecule has 14 heteroatoms. The summed E-state index contributed by atoms with van der Waals surface area (Å²) in [6, 6.07) is 11.8. The van der Waals surface area contributed by atoms with Crippen LogP contribution in [0.25, 0.3) is 5.65 Å². The maximum absolute atomic E-state index is 13.7. The third-order valence-electron chi connectivity index (χ3n) is 9.60. The van der Waals surface area contributed by atoms with Gasteiger partial charge in [0, 0.05) is 43.8 Å². The van der Waals surface area contributed by atoms with E-state index in [2.05, 4.69) is 36.7 Å². The van der Waals surface area contributed by atoms with E-state index in [0.717, 1.165) is 47.9 Å². The molecule has 1 atom stereocenters. The summed E-state index contributed by atoms with van der Waals surface area (Å²) in [4.78, 5) is 68.2. The lowest BCUT2D eigenvalue weighted by atomic mass is 9.92. The van der Waals surface area contributed by atoms with E-state index in [1.54, 1.807) is 24.3 Å². The molecular formula is C40H48N8O6. The molecule has 2 aromatic carbocycles. The van der Waals surface area contributed by atoms with Crippen molar-refractivity contribution in [3.05, 3.63) is 87.9 Å². The molecule has 3 heterocycles. The number of fused-ring (bicyclic) bond motifs is 3. The quantitative estimate of drug-likeness (QED) is 0.117. The Morgan fingerprint density at radius 2 is 1.70 bits per heavy atom. The van der Waals surface area contributed by atoms with Gasteiger partial charge in [-0.05, 0) is 78.5 Å². The molecule has 0 bridgehead atoms. The fraction of sp³-hybridized carbons (Fsp3) is 0.425. The highest BCUT2D eigenvalue weighted by Gasteiger charge is 2.29. The summed E-state index contributed by atoms with van der Waals surface area (Å²) in [5, 5.41) is 19.0. The van der Waals surface area contributed by atoms with E-state index in [4.69, 9.17) is 4.74 Å². The summed E-state index contributed by atoms with van der Waals surface area (Å²) in [7, 11) is 0. The van der Waals surface area contributed by atoms with Crippen molar-refractivity contribution in [2.24, 2.45) is 5.41 Å². The van der Waals surface area contributed by atoms with Crippen molar-refractivity contribution in [3.8, 4) is 5.75 Å². The Morgan fingerprint density at radius 1 is 0.926 bits per heavy atom. The Hall–Kier alpha value is -5.79. The van der Waals surface area contributed by atoms with Crippen molar-refractivity contribution < 1.29 is 28.7 Å². The molecule has 2 aliphatic rings. The smallest absolute Gasteiger partial charge is 0.270 e. The van der Waals surface area contributed by atoms with Crippen LogP contribution in [0.5, 0.6) is 5.75 Å². The van der Waals surface area contributed by atoms with Gasteiger partial charge in [-0.3, -0.25) is 24.0 Å². The number of benzene rings is 2. The second kappa shape index (κ2) is 16.5. The average Bonchev–Trinajstić information content (AvgIpc) is 3.78. The molecule has 1 aliphatic heterocycles. The zero-order valence-corrected chi connectivity index (χ0v) is 31.3. The van der Waals surface area contributed by atoms with Gasteiger partial charge in [0.1, 0.15) is 17.1 Å². The first-order chi connectivity index (χ1) is 25.9. The minimum atomic E-state index is -0.476. The van der Waals surface area contributed by atoms with Crippen LogP contribution in [0.3, 0.4) is 0 Å². The molecule has 0 spiro atoms. The first kappa shape index (κ1) is 38.0. The van der Waals surface area contributed by atoms with Gasteiger partial charge in [-0.25, -0.2) is 9.50 Å². The van der Waals surface area contributed by atoms with E-state index in [0.29, 0.717) is 55.0 Å². The van der Waals surface area contributed by atoms with Crippen molar-refractivity contribution in [2.75, 3.05) is 25.0 Å². The number of anilines is 1. The topological polar surface area (TPSA) is 185 Å². The molecule has 4 aromatic rings. The van der Waals surface area contributed by atoms with Gasteiger partial charge in [0.25, 0.3) is 23.6 Å². The standard InChI is InChI=1S/C40H48N8O6/c1-24-26-12-13-29(28(26)11-10-27(24)37(51)42-17-8-6-5-7-16-41-35(49)21-40(2,3)4)47-39(53)32-20-31(45-34-15-18-44-48(32)34)38(52)43-22-25-9-14-33-30(19-25)46-36(50)23-54-33/h9-11,14-15,18-20,29H,5-8,12-13,16-17,21-23H2,1-4H3,(H,41,49)(H,42,51)(H,43,52)(H,46,50)(H,47,53)/t29-/m0/s1. The van der Waals surface area contributed by atoms with Crippen LogP contribution >= 0.6 is 0 Å². The van der Waals surface area contributed by atoms with Crippen molar-refractivity contribution in [2.45, 2.75) is 85.2 Å². The van der Waals surface area contributed by atoms with Gasteiger partial charge in [0.15, 0.2) is 12.3 Å². The van der Waals surface area contributed by atoms with Gasteiger partial charge in [-0.1, -0.05) is 45.7 Å². The summed E-state index contributed by atoms with van der Waals surface area (Å²) < 4.78 is 6.80. The molecule has 0 saturated carbocycles. The van der Waals surface area contributed by atoms with Crippen LogP contribution in [0.2, 0.25) is 0 Å². The van der Waals surface area contributed by atoms with E-state index in [9.17, 15) is 24.0 Å². The molecule has 0 radical (unpaired) electrons. The van der Waals surface area contributed by atoms with Gasteiger partial charge < -0.3 is 31.3 Å². The third-order valence-corrected chi connectivity index (χ3v) is 9.60. The minimum Gasteiger partial charge on any atom is -0.482 e. The Kier molecular flexibility index (Phi) is 11.6. The van der Waals surface area contributed by atoms with Crippen LogP contribution in [-0.4, -0.2) is 63.8 Å². The first-order valence-electron chi connectivity index (χ1n) is 18.5. The maximum atomic E-state index is 13.7. The first-order valence-corrected chi connectivity index (χ1v) is 18.5. The van der Waals surface area contributed by atoms with Crippen LogP contribution in [0.15, 0.2) is 48.7 Å². The second-order valence-corrected chi connectivity index (χ2v) is 15.1. The highest BCUT2D eigenvalue weighted by Crippen LogP contribution is 2.35. The van der Waals surface area contributed by atoms with Gasteiger partial charge in [0.05, 0.1) is 17.9 Å². The van der Waals surface area contributed by atoms with Crippen molar-refractivity contribution in [1.82, 2.24) is 35.9 Å². The van der Waals surface area contributed by atoms with Gasteiger partial charge in [-0.2, -0.15) is 5.10 Å². The lowest BCUT2D eigenvalue weighted by molar-refractivity contribution is -0.122. The number of carbonyl (C=O) groups excluding carboxylic acids is 5. The monoisotopic (exact) mass is 736 g/mol. The average molecular weight is 737 g/mol. The van der Waals surface area contributed by atoms with Crippen LogP contribution in [0.4, 0.5) is 5.69 Å². The largest absolute Gasteiger partial charge is 0.482 e. The number of rotatable bonds is 14. The second-order valence-electron chi connectivity index (χ2n) is 15.1. The summed E-state index contributed by atoms with van der Waals surface area (Å²) in [6.45, 7) is 9.45. The minimum absolute atomic E-state index is 0.0223. The lowest BCUT2D eigenvalue weighted by Gasteiger charge is -2.18. The molecule has 0 saturated heterocycles. The Morgan fingerprint density at radius 3 is 2.48 bits per heavy atom. The molecule has 0 unspecified atom stereocenters. The van der Waals surface area contributed by atoms with Crippen molar-refractivity contribution in [1.29, 1.82) is 0 Å². The summed E-state index contributed by atoms with van der Waals surface area (Å²) >= 11 is 0. The van der Waals surface area contributed by atoms with E-state index < -0.39 is 11.8 Å². The Balaban J connectivity index is 1.02. The number of nitrogens with zero attached hydrogens (tertiary/aromatic N) is 3. The SMILES string of the molecule is Cc1c(C(=O)NCCCCCCNC(=O)CC(C)(C)C)ccc2c1CC[C@@H]2NC(=O)c1cc(C(=O)NCc2ccc3c(c2)NC(=O)CO3)nc2ccnn12. The molecular weight excluding hydrogens is 688 g/mol. The molecule has 14 nitrogen and oxygen atoms in total. The molecule has 5 amide bonds. The lowest BCUT2D eigenvalue weighted by Crippen LogP contribution is -2.31. The molecule has 5 N–H and O–H groups in total. The molecule has 2 aromatic heterocycles. The number of unbranched alkanes of at least 4 members (excludes halogenated alkanes) is 3. The molecule has 284 valence electrons. The number of hydrogen-bond donors (Lipinski definition) is 5. The van der Waals surface area contributed by atoms with E-state index in [-0.39, 0.29) is 53.7 Å². The van der Waals surface area contributed by atoms with Gasteiger partial charge in [0.2, 0.25) is 5.91 Å². The highest BCUT2D eigenvalue weighted by atomic mass is 16.5. The van der Waals surface area contributed by atoms with Crippen LogP contribution < -0.4 is 31.3 Å². The maximum Gasteiger partial charge on any atom is 0.270 e. The predicted octanol–water partition coefficient (Wildman–Crippen LogP) is 4.56. The number of ether oxygens (including phenoxy) is 1. The zero-order valence-electron chi connectivity index (χ0n) is 31.3. The van der Waals surface area contributed by atoms with Gasteiger partial charge in [-0.15, -0.1) is 0 Å². The predicted molar refractivity (Wildman–Crippen MR) is 202 cm³/mol. The molecule has 1 aliphatic carbocycles. The fourth-order valence-corrected chi connectivity index (χ4v) is 6.89. The van der Waals surface area contributed by atoms with Crippen LogP contribution in [-0.2, 0) is 22.6 Å². The van der Waals surface area contributed by atoms with Gasteiger partial charge >= 0.3 is 0 Å². The van der Waals surface area contributed by atoms with E-state index >= 15 is 0 Å². The third kappa shape index (κ3) is 9.22. The normalized spacial score (nSPS) is 14.7. The number of aromatic nitrogens is 3. The molecule has 54 heavy (non-hydrogen) atoms. The molecule has 0 fully saturated rings. The van der Waals surface area contributed by atoms with E-state index in [1.165, 1.54) is 16.8 Å². The summed E-state index contributed by atoms with van der Waals surface area (Å²) in [5.74, 6) is -0.604. The Bertz CT molecular complexity index is 2080. The Labute approximate surface area is 314 Å². The summed E-state index contributed by atoms with van der Waals surface area (Å²) in [5.41, 5.74) is 5.36. The van der Waals surface area contributed by atoms with Crippen molar-refractivity contribution >= 4 is 40.9 Å². The summed E-state index contributed by atoms with van der Waals surface area (Å²) in [6.07, 6.45) is 7.10. The molecule has 6 rings (SSSR count). The number of amides is 5. The number of nitrogens with one attached hydrogen (secondary N) is 5. The van der Waals surface area contributed by atoms with Crippen LogP contribution in [0, 0.1) is 12.3 Å². The van der Waals surface area contributed by atoms with Crippen LogP contribution in [0.1, 0.15) is 119 Å². The highest BCUT2D eigenvalue weighted by molar-refractivity contribution is 5.99. The fourth-order valence-electron chi connectivity index (χ4n) is 6.89. The number of carbonyl (C=O) groups is 5. The zero-order chi connectivity index (χ0) is 38.4. The van der Waals surface area contributed by atoms with Crippen molar-refractivity contribution in [3.63, 3.8) is 0 Å².